The van der Waals surface area contributed by atoms with Crippen LogP contribution in [0.15, 0.2) is 11.5 Å². The van der Waals surface area contributed by atoms with E-state index in [9.17, 15) is 9.90 Å². The maximum absolute atomic E-state index is 11.3. The number of nitrogens with two attached hydrogens (primary N) is 1. The molecule has 3 N–H and O–H groups in total. The molecule has 0 amide bonds. The van der Waals surface area contributed by atoms with Gasteiger partial charge in [0.15, 0.2) is 5.13 Å². The van der Waals surface area contributed by atoms with Gasteiger partial charge in [-0.1, -0.05) is 6.08 Å². The third-order valence-electron chi connectivity index (χ3n) is 3.56. The minimum Gasteiger partial charge on any atom is -0.478 e. The van der Waals surface area contributed by atoms with Crippen molar-refractivity contribution in [3.05, 3.63) is 17.2 Å². The highest BCUT2D eigenvalue weighted by Gasteiger charge is 2.40. The van der Waals surface area contributed by atoms with E-state index in [4.69, 9.17) is 10.5 Å². The van der Waals surface area contributed by atoms with Crippen LogP contribution in [0.3, 0.4) is 0 Å². The summed E-state index contributed by atoms with van der Waals surface area (Å²) in [5.74, 6) is -0.763. The SMILES string of the molecule is Nc1nc(/C(=C/C2CC3CCC2O3)C(=O)O)cs1. The molecule has 5 nitrogen and oxygen atoms in total. The van der Waals surface area contributed by atoms with Crippen molar-refractivity contribution in [1.29, 1.82) is 0 Å². The lowest BCUT2D eigenvalue weighted by Gasteiger charge is -2.15. The molecule has 6 heteroatoms. The highest BCUT2D eigenvalue weighted by molar-refractivity contribution is 7.13. The molecule has 2 aliphatic heterocycles. The minimum atomic E-state index is -0.955. The van der Waals surface area contributed by atoms with Crippen LogP contribution in [0, 0.1) is 5.92 Å². The molecule has 1 aromatic heterocycles. The molecule has 0 saturated carbocycles. The second-order valence-corrected chi connectivity index (χ2v) is 5.62. The molecule has 3 atom stereocenters. The number of ether oxygens (including phenoxy) is 1. The number of anilines is 1. The standard InChI is InChI=1S/C12H14N2O3S/c13-12-14-9(5-18-12)8(11(15)16)4-6-3-7-1-2-10(6)17-7/h4-7,10H,1-3H2,(H2,13,14)(H,15,16)/b8-4-. The highest BCUT2D eigenvalue weighted by Crippen LogP contribution is 2.40. The Morgan fingerprint density at radius 2 is 2.44 bits per heavy atom. The summed E-state index contributed by atoms with van der Waals surface area (Å²) in [6, 6.07) is 0. The van der Waals surface area contributed by atoms with Crippen molar-refractivity contribution in [1.82, 2.24) is 4.98 Å². The Bertz CT molecular complexity index is 511. The number of fused-ring (bicyclic) bond motifs is 2. The highest BCUT2D eigenvalue weighted by atomic mass is 32.1. The molecule has 3 rings (SSSR count). The Morgan fingerprint density at radius 1 is 1.61 bits per heavy atom. The van der Waals surface area contributed by atoms with Gasteiger partial charge in [-0.25, -0.2) is 9.78 Å². The summed E-state index contributed by atoms with van der Waals surface area (Å²) in [6.07, 6.45) is 5.33. The molecule has 0 aliphatic carbocycles. The summed E-state index contributed by atoms with van der Waals surface area (Å²) in [4.78, 5) is 15.4. The van der Waals surface area contributed by atoms with Crippen LogP contribution >= 0.6 is 11.3 Å². The van der Waals surface area contributed by atoms with E-state index in [0.29, 0.717) is 16.9 Å². The van der Waals surface area contributed by atoms with Crippen molar-refractivity contribution >= 4 is 28.0 Å². The van der Waals surface area contributed by atoms with E-state index in [2.05, 4.69) is 4.98 Å². The number of thiazole rings is 1. The number of carboxylic acids is 1. The maximum atomic E-state index is 11.3. The number of aliphatic carboxylic acids is 1. The molecule has 2 bridgehead atoms. The lowest BCUT2D eigenvalue weighted by Crippen LogP contribution is -2.15. The van der Waals surface area contributed by atoms with Crippen LogP contribution in [0.5, 0.6) is 0 Å². The number of hydrogen-bond donors (Lipinski definition) is 2. The number of aromatic nitrogens is 1. The Labute approximate surface area is 108 Å². The smallest absolute Gasteiger partial charge is 0.337 e. The second-order valence-electron chi connectivity index (χ2n) is 4.73. The van der Waals surface area contributed by atoms with E-state index in [0.717, 1.165) is 19.3 Å². The van der Waals surface area contributed by atoms with Gasteiger partial charge in [0, 0.05) is 11.3 Å². The molecule has 18 heavy (non-hydrogen) atoms. The van der Waals surface area contributed by atoms with Gasteiger partial charge in [-0.15, -0.1) is 11.3 Å². The van der Waals surface area contributed by atoms with E-state index < -0.39 is 5.97 Å². The molecule has 3 heterocycles. The van der Waals surface area contributed by atoms with Gasteiger partial charge in [-0.2, -0.15) is 0 Å². The van der Waals surface area contributed by atoms with Crippen molar-refractivity contribution in [3.8, 4) is 0 Å². The van der Waals surface area contributed by atoms with E-state index >= 15 is 0 Å². The quantitative estimate of drug-likeness (QED) is 0.814. The summed E-state index contributed by atoms with van der Waals surface area (Å²) in [6.45, 7) is 0. The van der Waals surface area contributed by atoms with Gasteiger partial charge in [0.2, 0.25) is 0 Å². The summed E-state index contributed by atoms with van der Waals surface area (Å²) < 4.78 is 5.73. The Morgan fingerprint density at radius 3 is 2.94 bits per heavy atom. The normalized spacial score (nSPS) is 30.9. The van der Waals surface area contributed by atoms with E-state index in [1.54, 1.807) is 11.5 Å². The molecule has 3 unspecified atom stereocenters. The summed E-state index contributed by atoms with van der Waals surface area (Å²) in [5.41, 5.74) is 6.24. The number of nitrogens with zero attached hydrogens (tertiary/aromatic N) is 1. The van der Waals surface area contributed by atoms with Crippen LogP contribution in [-0.4, -0.2) is 28.3 Å². The van der Waals surface area contributed by atoms with Crippen molar-refractivity contribution in [2.45, 2.75) is 31.5 Å². The van der Waals surface area contributed by atoms with Gasteiger partial charge in [0.05, 0.1) is 23.5 Å². The van der Waals surface area contributed by atoms with Crippen LogP contribution in [0.1, 0.15) is 25.0 Å². The largest absolute Gasteiger partial charge is 0.478 e. The first-order valence-electron chi connectivity index (χ1n) is 5.95. The number of nitrogen functional groups attached to an aromatic ring is 1. The predicted molar refractivity (Wildman–Crippen MR) is 68.1 cm³/mol. The molecule has 0 aromatic carbocycles. The number of hydrogen-bond acceptors (Lipinski definition) is 5. The first-order valence-corrected chi connectivity index (χ1v) is 6.83. The Balaban J connectivity index is 1.88. The van der Waals surface area contributed by atoms with Crippen LogP contribution in [-0.2, 0) is 9.53 Å². The summed E-state index contributed by atoms with van der Waals surface area (Å²) in [7, 11) is 0. The van der Waals surface area contributed by atoms with Gasteiger partial charge >= 0.3 is 5.97 Å². The third-order valence-corrected chi connectivity index (χ3v) is 4.24. The molecule has 0 spiro atoms. The zero-order valence-corrected chi connectivity index (χ0v) is 10.5. The first kappa shape index (κ1) is 11.7. The van der Waals surface area contributed by atoms with Crippen molar-refractivity contribution in [2.75, 3.05) is 5.73 Å². The zero-order chi connectivity index (χ0) is 12.7. The number of carbonyl (C=O) groups is 1. The summed E-state index contributed by atoms with van der Waals surface area (Å²) >= 11 is 1.25. The van der Waals surface area contributed by atoms with E-state index in [-0.39, 0.29) is 17.6 Å². The monoisotopic (exact) mass is 266 g/mol. The average molecular weight is 266 g/mol. The molecule has 2 fully saturated rings. The van der Waals surface area contributed by atoms with Gasteiger partial charge in [0.1, 0.15) is 0 Å². The molecule has 2 saturated heterocycles. The number of carboxylic acid groups (broad SMARTS) is 1. The molecular weight excluding hydrogens is 252 g/mol. The van der Waals surface area contributed by atoms with Crippen molar-refractivity contribution in [2.24, 2.45) is 5.92 Å². The van der Waals surface area contributed by atoms with Crippen molar-refractivity contribution < 1.29 is 14.6 Å². The molecule has 96 valence electrons. The van der Waals surface area contributed by atoms with Gasteiger partial charge in [0.25, 0.3) is 0 Å². The van der Waals surface area contributed by atoms with Crippen molar-refractivity contribution in [3.63, 3.8) is 0 Å². The zero-order valence-electron chi connectivity index (χ0n) is 9.70. The fraction of sp³-hybridized carbons (Fsp3) is 0.500. The number of rotatable bonds is 3. The van der Waals surface area contributed by atoms with Crippen LogP contribution in [0.4, 0.5) is 5.13 Å². The fourth-order valence-electron chi connectivity index (χ4n) is 2.74. The second kappa shape index (κ2) is 4.37. The topological polar surface area (TPSA) is 85.4 Å². The van der Waals surface area contributed by atoms with Crippen LogP contribution in [0.25, 0.3) is 5.57 Å². The Hall–Kier alpha value is -1.40. The van der Waals surface area contributed by atoms with Gasteiger partial charge in [-0.3, -0.25) is 0 Å². The van der Waals surface area contributed by atoms with E-state index in [1.165, 1.54) is 11.3 Å². The van der Waals surface area contributed by atoms with Gasteiger partial charge in [-0.05, 0) is 19.3 Å². The van der Waals surface area contributed by atoms with Crippen LogP contribution < -0.4 is 5.73 Å². The first-order chi connectivity index (χ1) is 8.63. The predicted octanol–water partition coefficient (Wildman–Crippen LogP) is 1.76. The fourth-order valence-corrected chi connectivity index (χ4v) is 3.31. The van der Waals surface area contributed by atoms with E-state index in [1.807, 2.05) is 0 Å². The minimum absolute atomic E-state index is 0.181. The third kappa shape index (κ3) is 2.02. The molecule has 0 radical (unpaired) electrons. The Kier molecular flexibility index (Phi) is 2.83. The maximum Gasteiger partial charge on any atom is 0.337 e. The molecule has 2 aliphatic rings. The van der Waals surface area contributed by atoms with Crippen LogP contribution in [0.2, 0.25) is 0 Å². The lowest BCUT2D eigenvalue weighted by atomic mass is 9.87. The lowest BCUT2D eigenvalue weighted by molar-refractivity contribution is -0.130. The summed E-state index contributed by atoms with van der Waals surface area (Å²) in [5, 5.41) is 11.4. The van der Waals surface area contributed by atoms with Gasteiger partial charge < -0.3 is 15.6 Å². The molecular formula is C12H14N2O3S. The average Bonchev–Trinajstić information content (AvgIpc) is 3.01. The molecule has 1 aromatic rings.